The van der Waals surface area contributed by atoms with Crippen molar-refractivity contribution in [3.05, 3.63) is 41.7 Å². The number of aryl methyl sites for hydroxylation is 2. The SMILES string of the molecule is Cc1ccc(NC(=O)Nc2cnc(N3CCC(C)CC3)nc2)cc1C. The fraction of sp³-hybridized carbons (Fsp3) is 0.421. The molecule has 6 heteroatoms. The molecule has 2 aromatic rings. The first-order valence-electron chi connectivity index (χ1n) is 8.73. The zero-order valence-electron chi connectivity index (χ0n) is 15.0. The van der Waals surface area contributed by atoms with Crippen molar-refractivity contribution in [1.82, 2.24) is 9.97 Å². The number of piperidine rings is 1. The maximum Gasteiger partial charge on any atom is 0.323 e. The molecular formula is C19H25N5O. The van der Waals surface area contributed by atoms with Crippen molar-refractivity contribution in [3.8, 4) is 0 Å². The second-order valence-electron chi connectivity index (χ2n) is 6.82. The minimum Gasteiger partial charge on any atom is -0.341 e. The molecule has 0 saturated carbocycles. The first kappa shape index (κ1) is 17.2. The summed E-state index contributed by atoms with van der Waals surface area (Å²) in [5.41, 5.74) is 3.68. The van der Waals surface area contributed by atoms with Gasteiger partial charge < -0.3 is 15.5 Å². The predicted octanol–water partition coefficient (Wildman–Crippen LogP) is 3.97. The van der Waals surface area contributed by atoms with E-state index < -0.39 is 0 Å². The van der Waals surface area contributed by atoms with Gasteiger partial charge in [-0.3, -0.25) is 0 Å². The van der Waals surface area contributed by atoms with Gasteiger partial charge >= 0.3 is 6.03 Å². The Morgan fingerprint density at radius 1 is 1.04 bits per heavy atom. The summed E-state index contributed by atoms with van der Waals surface area (Å²) in [7, 11) is 0. The van der Waals surface area contributed by atoms with Gasteiger partial charge in [-0.1, -0.05) is 13.0 Å². The summed E-state index contributed by atoms with van der Waals surface area (Å²) < 4.78 is 0. The molecule has 6 nitrogen and oxygen atoms in total. The number of aromatic nitrogens is 2. The van der Waals surface area contributed by atoms with Gasteiger partial charge in [0.1, 0.15) is 0 Å². The number of urea groups is 1. The molecule has 1 aliphatic heterocycles. The minimum absolute atomic E-state index is 0.300. The van der Waals surface area contributed by atoms with Crippen molar-refractivity contribution < 1.29 is 4.79 Å². The average Bonchev–Trinajstić information content (AvgIpc) is 2.60. The Morgan fingerprint density at radius 2 is 1.68 bits per heavy atom. The molecule has 1 aromatic carbocycles. The Bertz CT molecular complexity index is 736. The number of anilines is 3. The topological polar surface area (TPSA) is 70.2 Å². The number of hydrogen-bond acceptors (Lipinski definition) is 4. The molecule has 2 amide bonds. The van der Waals surface area contributed by atoms with E-state index in [0.29, 0.717) is 5.69 Å². The van der Waals surface area contributed by atoms with Gasteiger partial charge in [0.15, 0.2) is 0 Å². The van der Waals surface area contributed by atoms with Crippen LogP contribution in [0.3, 0.4) is 0 Å². The molecule has 0 radical (unpaired) electrons. The van der Waals surface area contributed by atoms with Crippen LogP contribution in [0.25, 0.3) is 0 Å². The molecule has 0 unspecified atom stereocenters. The highest BCUT2D eigenvalue weighted by Gasteiger charge is 2.17. The van der Waals surface area contributed by atoms with Crippen LogP contribution < -0.4 is 15.5 Å². The second kappa shape index (κ2) is 7.51. The van der Waals surface area contributed by atoms with Crippen LogP contribution in [0.4, 0.5) is 22.1 Å². The quantitative estimate of drug-likeness (QED) is 0.887. The van der Waals surface area contributed by atoms with Crippen LogP contribution in [0.5, 0.6) is 0 Å². The summed E-state index contributed by atoms with van der Waals surface area (Å²) in [4.78, 5) is 23.1. The van der Waals surface area contributed by atoms with Crippen LogP contribution in [0.2, 0.25) is 0 Å². The summed E-state index contributed by atoms with van der Waals surface area (Å²) in [6.45, 7) is 8.31. The van der Waals surface area contributed by atoms with Crippen LogP contribution in [-0.2, 0) is 0 Å². The summed E-state index contributed by atoms with van der Waals surface area (Å²) >= 11 is 0. The number of nitrogens with one attached hydrogen (secondary N) is 2. The fourth-order valence-electron chi connectivity index (χ4n) is 2.87. The monoisotopic (exact) mass is 339 g/mol. The van der Waals surface area contributed by atoms with Gasteiger partial charge in [0, 0.05) is 18.8 Å². The van der Waals surface area contributed by atoms with Crippen LogP contribution in [0, 0.1) is 19.8 Å². The van der Waals surface area contributed by atoms with Crippen molar-refractivity contribution in [1.29, 1.82) is 0 Å². The zero-order valence-corrected chi connectivity index (χ0v) is 15.0. The Labute approximate surface area is 148 Å². The number of nitrogens with zero attached hydrogens (tertiary/aromatic N) is 3. The molecule has 1 aromatic heterocycles. The van der Waals surface area contributed by atoms with Crippen molar-refractivity contribution >= 4 is 23.4 Å². The zero-order chi connectivity index (χ0) is 17.8. The molecule has 0 atom stereocenters. The number of benzene rings is 1. The second-order valence-corrected chi connectivity index (χ2v) is 6.82. The lowest BCUT2D eigenvalue weighted by Crippen LogP contribution is -2.34. The highest BCUT2D eigenvalue weighted by atomic mass is 16.2. The lowest BCUT2D eigenvalue weighted by atomic mass is 10.00. The third kappa shape index (κ3) is 4.47. The molecule has 2 N–H and O–H groups in total. The largest absolute Gasteiger partial charge is 0.341 e. The number of carbonyl (C=O) groups is 1. The molecule has 1 saturated heterocycles. The number of rotatable bonds is 3. The molecule has 0 spiro atoms. The summed E-state index contributed by atoms with van der Waals surface area (Å²) in [6.07, 6.45) is 5.64. The molecule has 2 heterocycles. The molecule has 1 aliphatic rings. The van der Waals surface area contributed by atoms with E-state index in [4.69, 9.17) is 0 Å². The Kier molecular flexibility index (Phi) is 5.16. The third-order valence-corrected chi connectivity index (χ3v) is 4.73. The molecule has 3 rings (SSSR count). The summed E-state index contributed by atoms with van der Waals surface area (Å²) in [6, 6.07) is 5.53. The van der Waals surface area contributed by atoms with Crippen LogP contribution in [-0.4, -0.2) is 29.1 Å². The number of hydrogen-bond donors (Lipinski definition) is 2. The van der Waals surface area contributed by atoms with E-state index in [0.717, 1.165) is 36.2 Å². The first-order chi connectivity index (χ1) is 12.0. The lowest BCUT2D eigenvalue weighted by Gasteiger charge is -2.30. The third-order valence-electron chi connectivity index (χ3n) is 4.73. The number of carbonyl (C=O) groups excluding carboxylic acids is 1. The molecular weight excluding hydrogens is 314 g/mol. The normalized spacial score (nSPS) is 15.1. The standard InChI is InChI=1S/C19H25N5O/c1-13-6-8-24(9-7-13)18-20-11-17(12-21-18)23-19(25)22-16-5-4-14(2)15(3)10-16/h4-5,10-13H,6-9H2,1-3H3,(H2,22,23,25). The van der Waals surface area contributed by atoms with E-state index in [1.54, 1.807) is 12.4 Å². The Hall–Kier alpha value is -2.63. The van der Waals surface area contributed by atoms with Gasteiger partial charge in [-0.2, -0.15) is 0 Å². The summed E-state index contributed by atoms with van der Waals surface area (Å²) in [5.74, 6) is 1.50. The van der Waals surface area contributed by atoms with Gasteiger partial charge in [-0.05, 0) is 55.9 Å². The van der Waals surface area contributed by atoms with Gasteiger partial charge in [0.25, 0.3) is 0 Å². The van der Waals surface area contributed by atoms with E-state index in [1.165, 1.54) is 18.4 Å². The molecule has 0 aliphatic carbocycles. The summed E-state index contributed by atoms with van der Waals surface area (Å²) in [5, 5.41) is 5.59. The van der Waals surface area contributed by atoms with E-state index >= 15 is 0 Å². The van der Waals surface area contributed by atoms with E-state index in [1.807, 2.05) is 32.0 Å². The Balaban J connectivity index is 1.57. The first-order valence-corrected chi connectivity index (χ1v) is 8.73. The van der Waals surface area contributed by atoms with Gasteiger partial charge in [-0.25, -0.2) is 14.8 Å². The molecule has 132 valence electrons. The lowest BCUT2D eigenvalue weighted by molar-refractivity contribution is 0.262. The van der Waals surface area contributed by atoms with Crippen LogP contribution in [0.1, 0.15) is 30.9 Å². The minimum atomic E-state index is -0.300. The average molecular weight is 339 g/mol. The maximum atomic E-state index is 12.1. The fourth-order valence-corrected chi connectivity index (χ4v) is 2.87. The van der Waals surface area contributed by atoms with Gasteiger partial charge in [0.05, 0.1) is 18.1 Å². The predicted molar refractivity (Wildman–Crippen MR) is 101 cm³/mol. The van der Waals surface area contributed by atoms with E-state index in [2.05, 4.69) is 32.4 Å². The maximum absolute atomic E-state index is 12.1. The Morgan fingerprint density at radius 3 is 2.32 bits per heavy atom. The molecule has 0 bridgehead atoms. The van der Waals surface area contributed by atoms with Gasteiger partial charge in [-0.15, -0.1) is 0 Å². The number of amides is 2. The van der Waals surface area contributed by atoms with Gasteiger partial charge in [0.2, 0.25) is 5.95 Å². The van der Waals surface area contributed by atoms with Crippen molar-refractivity contribution in [2.45, 2.75) is 33.6 Å². The van der Waals surface area contributed by atoms with E-state index in [9.17, 15) is 4.79 Å². The highest BCUT2D eigenvalue weighted by Crippen LogP contribution is 2.20. The molecule has 1 fully saturated rings. The smallest absolute Gasteiger partial charge is 0.323 e. The van der Waals surface area contributed by atoms with Crippen molar-refractivity contribution in [3.63, 3.8) is 0 Å². The van der Waals surface area contributed by atoms with E-state index in [-0.39, 0.29) is 6.03 Å². The van der Waals surface area contributed by atoms with Crippen molar-refractivity contribution in [2.75, 3.05) is 28.6 Å². The van der Waals surface area contributed by atoms with Crippen LogP contribution in [0.15, 0.2) is 30.6 Å². The van der Waals surface area contributed by atoms with Crippen molar-refractivity contribution in [2.24, 2.45) is 5.92 Å². The highest BCUT2D eigenvalue weighted by molar-refractivity contribution is 5.99. The molecule has 25 heavy (non-hydrogen) atoms. The van der Waals surface area contributed by atoms with Crippen LogP contribution >= 0.6 is 0 Å².